The summed E-state index contributed by atoms with van der Waals surface area (Å²) in [5.41, 5.74) is 3.83. The van der Waals surface area contributed by atoms with Crippen LogP contribution in [-0.4, -0.2) is 36.9 Å². The molecule has 1 aliphatic rings. The average molecular weight is 498 g/mol. The summed E-state index contributed by atoms with van der Waals surface area (Å²) in [6, 6.07) is 11.5. The molecule has 0 spiro atoms. The van der Waals surface area contributed by atoms with Crippen molar-refractivity contribution in [1.29, 1.82) is 0 Å². The fourth-order valence-corrected chi connectivity index (χ4v) is 5.96. The van der Waals surface area contributed by atoms with Crippen molar-refractivity contribution >= 4 is 33.8 Å². The number of carbonyl (C=O) groups excluding carboxylic acids is 1. The van der Waals surface area contributed by atoms with Crippen LogP contribution in [0.5, 0.6) is 0 Å². The number of piperidine rings is 1. The van der Waals surface area contributed by atoms with Crippen molar-refractivity contribution in [3.63, 3.8) is 0 Å². The third-order valence-electron chi connectivity index (χ3n) is 6.15. The van der Waals surface area contributed by atoms with Gasteiger partial charge in [-0.15, -0.1) is 0 Å². The van der Waals surface area contributed by atoms with Crippen molar-refractivity contribution in [2.45, 2.75) is 38.5 Å². The molecule has 2 heterocycles. The van der Waals surface area contributed by atoms with Gasteiger partial charge in [0, 0.05) is 18.8 Å². The molecule has 1 amide bonds. The van der Waals surface area contributed by atoms with Gasteiger partial charge < -0.3 is 9.84 Å². The number of hydrogen-bond donors (Lipinski definition) is 1. The van der Waals surface area contributed by atoms with Gasteiger partial charge in [-0.2, -0.15) is 4.31 Å². The zero-order valence-electron chi connectivity index (χ0n) is 19.9. The number of hydrogen-bond acceptors (Lipinski definition) is 5. The Hall–Kier alpha value is -3.30. The van der Waals surface area contributed by atoms with Crippen molar-refractivity contribution in [2.24, 2.45) is 5.92 Å². The van der Waals surface area contributed by atoms with E-state index in [-0.39, 0.29) is 28.8 Å². The second kappa shape index (κ2) is 10.1. The van der Waals surface area contributed by atoms with E-state index in [1.54, 1.807) is 13.0 Å². The van der Waals surface area contributed by atoms with Gasteiger partial charge in [0.05, 0.1) is 5.92 Å². The molecular weight excluding hydrogens is 469 g/mol. The zero-order chi connectivity index (χ0) is 25.2. The Morgan fingerprint density at radius 2 is 1.89 bits per heavy atom. The number of sulfonamides is 1. The van der Waals surface area contributed by atoms with Gasteiger partial charge in [0.1, 0.15) is 11.5 Å². The first-order valence-electron chi connectivity index (χ1n) is 11.4. The van der Waals surface area contributed by atoms with Crippen LogP contribution in [0.15, 0.2) is 51.9 Å². The monoisotopic (exact) mass is 497 g/mol. The minimum Gasteiger partial charge on any atom is -0.355 e. The molecule has 0 radical (unpaired) electrons. The summed E-state index contributed by atoms with van der Waals surface area (Å²) in [4.78, 5) is 12.8. The van der Waals surface area contributed by atoms with E-state index in [4.69, 9.17) is 4.52 Å². The Morgan fingerprint density at radius 3 is 2.63 bits per heavy atom. The molecule has 0 bridgehead atoms. The maximum Gasteiger partial charge on any atom is 0.248 e. The first-order valence-corrected chi connectivity index (χ1v) is 12.9. The molecular formula is C26H28FN3O4S. The number of anilines is 1. The summed E-state index contributed by atoms with van der Waals surface area (Å²) < 4.78 is 47.1. The van der Waals surface area contributed by atoms with E-state index in [9.17, 15) is 17.6 Å². The van der Waals surface area contributed by atoms with Crippen LogP contribution >= 0.6 is 0 Å². The summed E-state index contributed by atoms with van der Waals surface area (Å²) >= 11 is 0. The lowest BCUT2D eigenvalue weighted by atomic mass is 9.99. The van der Waals surface area contributed by atoms with Crippen LogP contribution in [-0.2, 0) is 14.8 Å². The molecule has 1 atom stereocenters. The molecule has 4 rings (SSSR count). The number of halogens is 1. The summed E-state index contributed by atoms with van der Waals surface area (Å²) in [5.74, 6) is -1.07. The number of benzene rings is 2. The molecule has 7 nitrogen and oxygen atoms in total. The minimum atomic E-state index is -3.95. The predicted octanol–water partition coefficient (Wildman–Crippen LogP) is 4.95. The molecule has 2 aromatic carbocycles. The minimum absolute atomic E-state index is 0.0126. The molecule has 1 aliphatic heterocycles. The molecule has 3 aromatic rings. The molecule has 0 aliphatic carbocycles. The van der Waals surface area contributed by atoms with Gasteiger partial charge in [-0.1, -0.05) is 35.0 Å². The van der Waals surface area contributed by atoms with E-state index >= 15 is 0 Å². The van der Waals surface area contributed by atoms with Crippen molar-refractivity contribution in [2.75, 3.05) is 18.4 Å². The van der Waals surface area contributed by atoms with E-state index in [1.165, 1.54) is 28.6 Å². The summed E-state index contributed by atoms with van der Waals surface area (Å²) in [6.07, 6.45) is 4.54. The predicted molar refractivity (Wildman–Crippen MR) is 133 cm³/mol. The summed E-state index contributed by atoms with van der Waals surface area (Å²) in [6.45, 7) is 5.90. The zero-order valence-corrected chi connectivity index (χ0v) is 20.7. The van der Waals surface area contributed by atoms with Crippen LogP contribution in [0.2, 0.25) is 0 Å². The number of carbonyl (C=O) groups is 1. The first-order chi connectivity index (χ1) is 16.6. The Labute approximate surface area is 204 Å². The van der Waals surface area contributed by atoms with Crippen LogP contribution in [0, 0.1) is 32.5 Å². The largest absolute Gasteiger partial charge is 0.355 e. The van der Waals surface area contributed by atoms with Gasteiger partial charge in [0.25, 0.3) is 0 Å². The van der Waals surface area contributed by atoms with Gasteiger partial charge in [-0.3, -0.25) is 4.79 Å². The van der Waals surface area contributed by atoms with Crippen molar-refractivity contribution < 1.29 is 22.1 Å². The van der Waals surface area contributed by atoms with Gasteiger partial charge in [0.15, 0.2) is 10.7 Å². The maximum atomic E-state index is 13.6. The van der Waals surface area contributed by atoms with Crippen molar-refractivity contribution in [3.8, 4) is 0 Å². The highest BCUT2D eigenvalue weighted by Crippen LogP contribution is 2.30. The maximum absolute atomic E-state index is 13.6. The molecule has 0 saturated carbocycles. The number of aryl methyl sites for hydroxylation is 3. The number of nitrogens with zero attached hydrogens (tertiary/aromatic N) is 2. The van der Waals surface area contributed by atoms with E-state index < -0.39 is 21.8 Å². The van der Waals surface area contributed by atoms with Gasteiger partial charge >= 0.3 is 0 Å². The molecule has 1 fully saturated rings. The van der Waals surface area contributed by atoms with Crippen LogP contribution in [0.3, 0.4) is 0 Å². The van der Waals surface area contributed by atoms with Crippen LogP contribution in [0.4, 0.5) is 10.1 Å². The highest BCUT2D eigenvalue weighted by atomic mass is 32.2. The van der Waals surface area contributed by atoms with Crippen LogP contribution in [0.1, 0.15) is 41.0 Å². The molecule has 35 heavy (non-hydrogen) atoms. The lowest BCUT2D eigenvalue weighted by Gasteiger charge is -2.31. The average Bonchev–Trinajstić information content (AvgIpc) is 3.22. The van der Waals surface area contributed by atoms with Crippen LogP contribution in [0.25, 0.3) is 12.2 Å². The Kier molecular flexibility index (Phi) is 7.18. The fraction of sp³-hybridized carbons (Fsp3) is 0.308. The lowest BCUT2D eigenvalue weighted by molar-refractivity contribution is -0.120. The topological polar surface area (TPSA) is 92.5 Å². The van der Waals surface area contributed by atoms with Crippen LogP contribution < -0.4 is 5.32 Å². The van der Waals surface area contributed by atoms with E-state index in [0.29, 0.717) is 25.1 Å². The second-order valence-electron chi connectivity index (χ2n) is 8.85. The van der Waals surface area contributed by atoms with Crippen molar-refractivity contribution in [3.05, 3.63) is 76.4 Å². The smallest absolute Gasteiger partial charge is 0.248 e. The Bertz CT molecular complexity index is 1360. The van der Waals surface area contributed by atoms with Crippen molar-refractivity contribution in [1.82, 2.24) is 9.46 Å². The quantitative estimate of drug-likeness (QED) is 0.520. The van der Waals surface area contributed by atoms with E-state index in [0.717, 1.165) is 16.7 Å². The normalized spacial score (nSPS) is 17.1. The number of rotatable bonds is 6. The molecule has 1 aromatic heterocycles. The summed E-state index contributed by atoms with van der Waals surface area (Å²) in [5, 5.41) is 6.65. The lowest BCUT2D eigenvalue weighted by Crippen LogP contribution is -2.43. The number of nitrogens with one attached hydrogen (secondary N) is 1. The standard InChI is InChI=1S/C26H28FN3O4S/c1-17-6-7-18(2)20(15-17)8-13-24-25(19(3)29-34-24)35(32,33)30-14-4-5-21(16-30)26(31)28-23-11-9-22(27)10-12-23/h6-13,15,21H,4-5,14,16H2,1-3H3,(H,28,31)/b13-8+. The molecule has 9 heteroatoms. The third-order valence-corrected chi connectivity index (χ3v) is 8.17. The first kappa shape index (κ1) is 24.8. The second-order valence-corrected chi connectivity index (χ2v) is 10.7. The van der Waals surface area contributed by atoms with E-state index in [1.807, 2.05) is 38.1 Å². The summed E-state index contributed by atoms with van der Waals surface area (Å²) in [7, 11) is -3.95. The van der Waals surface area contributed by atoms with Gasteiger partial charge in [0.2, 0.25) is 15.9 Å². The van der Waals surface area contributed by atoms with Gasteiger partial charge in [-0.25, -0.2) is 12.8 Å². The van der Waals surface area contributed by atoms with E-state index in [2.05, 4.69) is 10.5 Å². The number of aromatic nitrogens is 1. The number of amides is 1. The highest BCUT2D eigenvalue weighted by molar-refractivity contribution is 7.89. The highest BCUT2D eigenvalue weighted by Gasteiger charge is 2.37. The molecule has 184 valence electrons. The molecule has 1 N–H and O–H groups in total. The molecule has 1 unspecified atom stereocenters. The SMILES string of the molecule is Cc1ccc(C)c(/C=C/c2onc(C)c2S(=O)(=O)N2CCCC(C(=O)Nc3ccc(F)cc3)C2)c1. The van der Waals surface area contributed by atoms with Gasteiger partial charge in [-0.05, 0) is 75.1 Å². The fourth-order valence-electron chi connectivity index (χ4n) is 4.19. The third kappa shape index (κ3) is 5.52. The molecule has 1 saturated heterocycles. The Balaban J connectivity index is 1.55. The Morgan fingerprint density at radius 1 is 1.14 bits per heavy atom.